The minimum absolute atomic E-state index is 0. The van der Waals surface area contributed by atoms with E-state index in [1.165, 1.54) is 11.1 Å². The Morgan fingerprint density at radius 1 is 0.882 bits per heavy atom. The van der Waals surface area contributed by atoms with Gasteiger partial charge in [0.2, 0.25) is 0 Å². The van der Waals surface area contributed by atoms with Crippen LogP contribution in [0.25, 0.3) is 0 Å². The molecule has 3 nitrogen and oxygen atoms in total. The first-order valence-corrected chi connectivity index (χ1v) is 5.94. The molecule has 17 heavy (non-hydrogen) atoms. The van der Waals surface area contributed by atoms with E-state index in [0.717, 1.165) is 49.9 Å². The van der Waals surface area contributed by atoms with E-state index >= 15 is 0 Å². The van der Waals surface area contributed by atoms with Crippen molar-refractivity contribution >= 4 is 17.0 Å². The van der Waals surface area contributed by atoms with Gasteiger partial charge in [0, 0.05) is 24.2 Å². The molecule has 2 aliphatic rings. The molecule has 0 saturated carbocycles. The van der Waals surface area contributed by atoms with Gasteiger partial charge in [-0.25, -0.2) is 0 Å². The largest absolute Gasteiger partial charge is 0.504 e. The van der Waals surface area contributed by atoms with Gasteiger partial charge < -0.3 is 15.1 Å². The van der Waals surface area contributed by atoms with Crippen LogP contribution in [-0.4, -0.2) is 28.7 Å². The molecule has 0 saturated heterocycles. The minimum Gasteiger partial charge on any atom is -0.504 e. The second-order valence-corrected chi connectivity index (χ2v) is 4.95. The first kappa shape index (κ1) is 12.7. The van der Waals surface area contributed by atoms with Crippen molar-refractivity contribution in [3.8, 4) is 11.5 Å². The molecular formula is C13H18BrNO2. The molecule has 1 heterocycles. The van der Waals surface area contributed by atoms with Crippen LogP contribution in [0.5, 0.6) is 11.5 Å². The molecule has 4 heteroatoms. The molecule has 1 aromatic carbocycles. The van der Waals surface area contributed by atoms with Crippen LogP contribution in [0.1, 0.15) is 28.7 Å². The van der Waals surface area contributed by atoms with E-state index in [0.29, 0.717) is 0 Å². The van der Waals surface area contributed by atoms with Crippen molar-refractivity contribution in [2.45, 2.75) is 32.2 Å². The Balaban J connectivity index is 0.00000108. The number of halogens is 1. The van der Waals surface area contributed by atoms with E-state index in [4.69, 9.17) is 0 Å². The summed E-state index contributed by atoms with van der Waals surface area (Å²) < 4.78 is 0. The summed E-state index contributed by atoms with van der Waals surface area (Å²) in [5, 5.41) is 20.0. The number of aromatic hydroxyl groups is 2. The molecule has 1 aliphatic heterocycles. The fourth-order valence-corrected chi connectivity index (χ4v) is 3.06. The molecule has 1 aliphatic carbocycles. The smallest absolute Gasteiger partial charge is 0.161 e. The molecule has 0 bridgehead atoms. The summed E-state index contributed by atoms with van der Waals surface area (Å²) in [6, 6.07) is 0. The molecule has 1 aromatic rings. The fraction of sp³-hybridized carbons (Fsp3) is 0.538. The van der Waals surface area contributed by atoms with Gasteiger partial charge in [-0.05, 0) is 43.9 Å². The summed E-state index contributed by atoms with van der Waals surface area (Å²) in [6.07, 6.45) is 3.91. The minimum atomic E-state index is 0. The Kier molecular flexibility index (Phi) is 3.36. The van der Waals surface area contributed by atoms with Gasteiger partial charge in [0.1, 0.15) is 0 Å². The van der Waals surface area contributed by atoms with Crippen LogP contribution >= 0.6 is 17.0 Å². The van der Waals surface area contributed by atoms with Crippen LogP contribution in [0.3, 0.4) is 0 Å². The summed E-state index contributed by atoms with van der Waals surface area (Å²) in [7, 11) is 2.11. The fourth-order valence-electron chi connectivity index (χ4n) is 3.06. The van der Waals surface area contributed by atoms with Crippen molar-refractivity contribution in [1.82, 2.24) is 4.90 Å². The molecule has 0 spiro atoms. The van der Waals surface area contributed by atoms with Gasteiger partial charge in [0.15, 0.2) is 11.5 Å². The molecule has 0 atom stereocenters. The number of likely N-dealkylation sites (N-methyl/N-ethyl adjacent to an activating group) is 1. The third-order valence-electron chi connectivity index (χ3n) is 3.91. The summed E-state index contributed by atoms with van der Waals surface area (Å²) in [5.74, 6) is 0.291. The maximum Gasteiger partial charge on any atom is 0.161 e. The van der Waals surface area contributed by atoms with Crippen molar-refractivity contribution < 1.29 is 10.2 Å². The van der Waals surface area contributed by atoms with Crippen molar-refractivity contribution in [1.29, 1.82) is 0 Å². The molecular weight excluding hydrogens is 282 g/mol. The number of nitrogens with zero attached hydrogens (tertiary/aromatic N) is 1. The Morgan fingerprint density at radius 3 is 2.18 bits per heavy atom. The summed E-state index contributed by atoms with van der Waals surface area (Å²) in [5.41, 5.74) is 4.55. The lowest BCUT2D eigenvalue weighted by Gasteiger charge is -2.28. The summed E-state index contributed by atoms with van der Waals surface area (Å²) >= 11 is 0. The first-order chi connectivity index (χ1) is 7.68. The maximum absolute atomic E-state index is 10.0. The zero-order valence-corrected chi connectivity index (χ0v) is 11.7. The topological polar surface area (TPSA) is 43.7 Å². The Morgan fingerprint density at radius 2 is 1.47 bits per heavy atom. The van der Waals surface area contributed by atoms with E-state index in [2.05, 4.69) is 11.9 Å². The quantitative estimate of drug-likeness (QED) is 0.722. The lowest BCUT2D eigenvalue weighted by molar-refractivity contribution is 0.303. The van der Waals surface area contributed by atoms with Gasteiger partial charge in [-0.15, -0.1) is 17.0 Å². The molecule has 0 radical (unpaired) electrons. The molecule has 2 N–H and O–H groups in total. The molecule has 0 unspecified atom stereocenters. The number of rotatable bonds is 0. The van der Waals surface area contributed by atoms with E-state index in [-0.39, 0.29) is 28.5 Å². The first-order valence-electron chi connectivity index (χ1n) is 5.94. The van der Waals surface area contributed by atoms with E-state index in [1.807, 2.05) is 0 Å². The van der Waals surface area contributed by atoms with Gasteiger partial charge in [-0.2, -0.15) is 0 Å². The Labute approximate surface area is 112 Å². The lowest BCUT2D eigenvalue weighted by atomic mass is 9.91. The number of hydrogen-bond donors (Lipinski definition) is 2. The van der Waals surface area contributed by atoms with Crippen LogP contribution in [0, 0.1) is 0 Å². The van der Waals surface area contributed by atoms with Gasteiger partial charge in [-0.1, -0.05) is 0 Å². The third kappa shape index (κ3) is 1.83. The lowest BCUT2D eigenvalue weighted by Crippen LogP contribution is -2.27. The number of fused-ring (bicyclic) bond motifs is 3. The average Bonchev–Trinajstić information content (AvgIpc) is 2.75. The zero-order valence-electron chi connectivity index (χ0n) is 9.99. The molecule has 0 amide bonds. The Hall–Kier alpha value is -0.740. The van der Waals surface area contributed by atoms with Crippen LogP contribution in [0.4, 0.5) is 0 Å². The maximum atomic E-state index is 10.0. The highest BCUT2D eigenvalue weighted by Gasteiger charge is 2.28. The number of benzene rings is 1. The predicted molar refractivity (Wildman–Crippen MR) is 72.2 cm³/mol. The van der Waals surface area contributed by atoms with E-state index < -0.39 is 0 Å². The van der Waals surface area contributed by atoms with Crippen molar-refractivity contribution in [3.63, 3.8) is 0 Å². The molecule has 3 rings (SSSR count). The summed E-state index contributed by atoms with van der Waals surface area (Å²) in [6.45, 7) is 1.87. The van der Waals surface area contributed by atoms with Crippen LogP contribution < -0.4 is 0 Å². The number of hydrogen-bond acceptors (Lipinski definition) is 3. The highest BCUT2D eigenvalue weighted by Crippen LogP contribution is 2.44. The van der Waals surface area contributed by atoms with Crippen molar-refractivity contribution in [2.75, 3.05) is 13.6 Å². The van der Waals surface area contributed by atoms with Crippen LogP contribution in [0.2, 0.25) is 0 Å². The monoisotopic (exact) mass is 299 g/mol. The van der Waals surface area contributed by atoms with Gasteiger partial charge in [0.05, 0.1) is 0 Å². The molecule has 0 fully saturated rings. The highest BCUT2D eigenvalue weighted by atomic mass is 79.9. The zero-order chi connectivity index (χ0) is 11.3. The molecule has 0 aromatic heterocycles. The number of phenols is 2. The Bertz CT molecular complexity index is 456. The number of phenolic OH excluding ortho intramolecular Hbond substituents is 2. The van der Waals surface area contributed by atoms with E-state index in [1.54, 1.807) is 0 Å². The average molecular weight is 300 g/mol. The normalized spacial score (nSPS) is 18.4. The standard InChI is InChI=1S/C13H17NO2.BrH/c1-14-6-5-10-11(7-14)8-3-2-4-9(8)12(15)13(10)16;/h15-16H,2-7H2,1H3;1H. The van der Waals surface area contributed by atoms with Crippen molar-refractivity contribution in [3.05, 3.63) is 22.3 Å². The molecule has 94 valence electrons. The second kappa shape index (κ2) is 4.50. The van der Waals surface area contributed by atoms with Crippen LogP contribution in [-0.2, 0) is 25.8 Å². The van der Waals surface area contributed by atoms with Crippen LogP contribution in [0.15, 0.2) is 0 Å². The van der Waals surface area contributed by atoms with Gasteiger partial charge in [0.25, 0.3) is 0 Å². The van der Waals surface area contributed by atoms with Gasteiger partial charge in [-0.3, -0.25) is 0 Å². The highest BCUT2D eigenvalue weighted by molar-refractivity contribution is 8.93. The SMILES string of the molecule is Br.CN1CCc2c(O)c(O)c3c(c2C1)CCC3. The van der Waals surface area contributed by atoms with Crippen molar-refractivity contribution in [2.24, 2.45) is 0 Å². The van der Waals surface area contributed by atoms with E-state index in [9.17, 15) is 10.2 Å². The van der Waals surface area contributed by atoms with Gasteiger partial charge >= 0.3 is 0 Å². The predicted octanol–water partition coefficient (Wildman–Crippen LogP) is 2.15. The summed E-state index contributed by atoms with van der Waals surface area (Å²) in [4.78, 5) is 2.28. The second-order valence-electron chi connectivity index (χ2n) is 4.95. The third-order valence-corrected chi connectivity index (χ3v) is 3.91.